The average Bonchev–Trinajstić information content (AvgIpc) is 3.14. The number of para-hydroxylation sites is 2. The van der Waals surface area contributed by atoms with Gasteiger partial charge >= 0.3 is 5.13 Å². The summed E-state index contributed by atoms with van der Waals surface area (Å²) in [5.74, 6) is 0. The molecule has 21 heavy (non-hydrogen) atoms. The van der Waals surface area contributed by atoms with E-state index < -0.39 is 4.92 Å². The standard InChI is InChI=1S/C7H4N2O2S.C7H5NS/c10-9(11)7-8-5-3-1-2-4-6(5)12-7;1-2-4-7-6(3-1)8-5-9-7/h1-4H;1-5H. The van der Waals surface area contributed by atoms with Crippen LogP contribution >= 0.6 is 22.7 Å². The van der Waals surface area contributed by atoms with Crippen LogP contribution < -0.4 is 0 Å². The second-order valence-corrected chi connectivity index (χ2v) is 5.94. The molecule has 0 spiro atoms. The third-order valence-corrected chi connectivity index (χ3v) is 4.47. The van der Waals surface area contributed by atoms with Gasteiger partial charge in [0.25, 0.3) is 0 Å². The van der Waals surface area contributed by atoms with Crippen LogP contribution in [0, 0.1) is 10.1 Å². The fourth-order valence-corrected chi connectivity index (χ4v) is 3.20. The molecule has 0 aliphatic rings. The zero-order valence-corrected chi connectivity index (χ0v) is 12.3. The van der Waals surface area contributed by atoms with Gasteiger partial charge in [0, 0.05) is 0 Å². The zero-order valence-electron chi connectivity index (χ0n) is 10.7. The van der Waals surface area contributed by atoms with Crippen molar-refractivity contribution in [3.63, 3.8) is 0 Å². The van der Waals surface area contributed by atoms with E-state index in [0.29, 0.717) is 5.52 Å². The molecule has 2 aromatic carbocycles. The Morgan fingerprint density at radius 2 is 1.62 bits per heavy atom. The molecule has 0 aliphatic carbocycles. The summed E-state index contributed by atoms with van der Waals surface area (Å²) in [7, 11) is 0. The highest BCUT2D eigenvalue weighted by molar-refractivity contribution is 7.21. The molecule has 0 atom stereocenters. The van der Waals surface area contributed by atoms with Gasteiger partial charge in [0.15, 0.2) is 5.52 Å². The summed E-state index contributed by atoms with van der Waals surface area (Å²) >= 11 is 2.77. The Morgan fingerprint density at radius 1 is 0.952 bits per heavy atom. The van der Waals surface area contributed by atoms with Crippen LogP contribution in [0.3, 0.4) is 0 Å². The quantitative estimate of drug-likeness (QED) is 0.383. The Kier molecular flexibility index (Phi) is 3.85. The lowest BCUT2D eigenvalue weighted by Gasteiger charge is -1.80. The normalized spacial score (nSPS) is 10.3. The van der Waals surface area contributed by atoms with Crippen molar-refractivity contribution < 1.29 is 4.92 Å². The summed E-state index contributed by atoms with van der Waals surface area (Å²) in [6.07, 6.45) is 0. The maximum absolute atomic E-state index is 10.3. The second kappa shape index (κ2) is 5.94. The van der Waals surface area contributed by atoms with E-state index in [0.717, 1.165) is 21.6 Å². The number of benzene rings is 2. The molecule has 2 heterocycles. The molecule has 0 amide bonds. The van der Waals surface area contributed by atoms with Crippen LogP contribution in [0.5, 0.6) is 0 Å². The first kappa shape index (κ1) is 13.6. The first-order valence-electron chi connectivity index (χ1n) is 6.02. The lowest BCUT2D eigenvalue weighted by molar-refractivity contribution is -0.384. The predicted octanol–water partition coefficient (Wildman–Crippen LogP) is 4.50. The predicted molar refractivity (Wildman–Crippen MR) is 85.9 cm³/mol. The topological polar surface area (TPSA) is 68.9 Å². The van der Waals surface area contributed by atoms with Crippen molar-refractivity contribution in [2.45, 2.75) is 0 Å². The number of hydrogen-bond donors (Lipinski definition) is 0. The van der Waals surface area contributed by atoms with Gasteiger partial charge < -0.3 is 10.1 Å². The van der Waals surface area contributed by atoms with E-state index in [1.165, 1.54) is 4.70 Å². The zero-order chi connectivity index (χ0) is 14.7. The maximum atomic E-state index is 10.3. The van der Waals surface area contributed by atoms with Gasteiger partial charge in [-0.2, -0.15) is 0 Å². The fraction of sp³-hybridized carbons (Fsp3) is 0. The Balaban J connectivity index is 0.000000131. The summed E-state index contributed by atoms with van der Waals surface area (Å²) in [6, 6.07) is 15.4. The molecule has 7 heteroatoms. The molecule has 0 aliphatic heterocycles. The molecule has 104 valence electrons. The average molecular weight is 315 g/mol. The van der Waals surface area contributed by atoms with E-state index in [9.17, 15) is 10.1 Å². The molecule has 4 aromatic rings. The molecule has 2 aromatic heterocycles. The van der Waals surface area contributed by atoms with Crippen molar-refractivity contribution in [3.05, 3.63) is 64.2 Å². The Morgan fingerprint density at radius 3 is 2.29 bits per heavy atom. The molecule has 4 rings (SSSR count). The first-order valence-corrected chi connectivity index (χ1v) is 7.72. The van der Waals surface area contributed by atoms with Crippen molar-refractivity contribution in [2.24, 2.45) is 0 Å². The second-order valence-electron chi connectivity index (χ2n) is 4.04. The number of aromatic nitrogens is 2. The molecule has 0 saturated carbocycles. The van der Waals surface area contributed by atoms with Crippen molar-refractivity contribution in [1.82, 2.24) is 9.97 Å². The number of nitro groups is 1. The highest BCUT2D eigenvalue weighted by atomic mass is 32.1. The van der Waals surface area contributed by atoms with Gasteiger partial charge in [0.05, 0.1) is 20.4 Å². The van der Waals surface area contributed by atoms with Crippen LogP contribution in [0.1, 0.15) is 0 Å². The van der Waals surface area contributed by atoms with Crippen LogP contribution in [0.2, 0.25) is 0 Å². The minimum absolute atomic E-state index is 0.0452. The van der Waals surface area contributed by atoms with Gasteiger partial charge in [0.2, 0.25) is 0 Å². The first-order chi connectivity index (χ1) is 10.2. The highest BCUT2D eigenvalue weighted by Gasteiger charge is 2.13. The minimum Gasteiger partial charge on any atom is -0.357 e. The molecule has 5 nitrogen and oxygen atoms in total. The van der Waals surface area contributed by atoms with Crippen LogP contribution in [-0.2, 0) is 0 Å². The van der Waals surface area contributed by atoms with Gasteiger partial charge in [-0.3, -0.25) is 0 Å². The molecular formula is C14H9N3O2S2. The molecule has 0 N–H and O–H groups in total. The number of thiazole rings is 2. The molecule has 0 bridgehead atoms. The Hall–Kier alpha value is -2.38. The Bertz CT molecular complexity index is 838. The van der Waals surface area contributed by atoms with E-state index >= 15 is 0 Å². The maximum Gasteiger partial charge on any atom is 0.424 e. The largest absolute Gasteiger partial charge is 0.424 e. The molecule has 0 saturated heterocycles. The summed E-state index contributed by atoms with van der Waals surface area (Å²) < 4.78 is 2.11. The van der Waals surface area contributed by atoms with Crippen LogP contribution in [0.4, 0.5) is 5.13 Å². The van der Waals surface area contributed by atoms with Crippen molar-refractivity contribution in [3.8, 4) is 0 Å². The van der Waals surface area contributed by atoms with Crippen LogP contribution in [0.15, 0.2) is 54.0 Å². The van der Waals surface area contributed by atoms with Crippen molar-refractivity contribution in [2.75, 3.05) is 0 Å². The van der Waals surface area contributed by atoms with Gasteiger partial charge in [-0.15, -0.1) is 11.3 Å². The number of rotatable bonds is 1. The molecule has 0 radical (unpaired) electrons. The lowest BCUT2D eigenvalue weighted by atomic mass is 10.3. The van der Waals surface area contributed by atoms with Gasteiger partial charge in [0.1, 0.15) is 0 Å². The van der Waals surface area contributed by atoms with E-state index in [1.54, 1.807) is 17.4 Å². The molecule has 0 fully saturated rings. The summed E-state index contributed by atoms with van der Waals surface area (Å²) in [4.78, 5) is 17.8. The van der Waals surface area contributed by atoms with E-state index in [2.05, 4.69) is 16.0 Å². The van der Waals surface area contributed by atoms with Crippen molar-refractivity contribution >= 4 is 48.2 Å². The lowest BCUT2D eigenvalue weighted by Crippen LogP contribution is -1.84. The molecule has 0 unspecified atom stereocenters. The van der Waals surface area contributed by atoms with E-state index in [4.69, 9.17) is 0 Å². The summed E-state index contributed by atoms with van der Waals surface area (Å²) in [6.45, 7) is 0. The fourth-order valence-electron chi connectivity index (χ4n) is 1.74. The third kappa shape index (κ3) is 3.04. The monoisotopic (exact) mass is 315 g/mol. The smallest absolute Gasteiger partial charge is 0.357 e. The van der Waals surface area contributed by atoms with Crippen LogP contribution in [0.25, 0.3) is 20.4 Å². The minimum atomic E-state index is -0.468. The SMILES string of the molecule is O=[N+]([O-])c1nc2ccccc2s1.c1ccc2scnc2c1. The Labute approximate surface area is 127 Å². The summed E-state index contributed by atoms with van der Waals surface area (Å²) in [5, 5.41) is 10.3. The van der Waals surface area contributed by atoms with E-state index in [1.807, 2.05) is 41.9 Å². The van der Waals surface area contributed by atoms with Gasteiger partial charge in [-0.1, -0.05) is 24.3 Å². The molecular weight excluding hydrogens is 306 g/mol. The van der Waals surface area contributed by atoms with E-state index in [-0.39, 0.29) is 5.13 Å². The highest BCUT2D eigenvalue weighted by Crippen LogP contribution is 2.26. The number of hydrogen-bond acceptors (Lipinski definition) is 6. The van der Waals surface area contributed by atoms with Gasteiger partial charge in [-0.05, 0) is 45.5 Å². The number of nitrogens with zero attached hydrogens (tertiary/aromatic N) is 3. The van der Waals surface area contributed by atoms with Crippen molar-refractivity contribution in [1.29, 1.82) is 0 Å². The summed E-state index contributed by atoms with van der Waals surface area (Å²) in [5.41, 5.74) is 3.65. The third-order valence-electron chi connectivity index (χ3n) is 2.68. The number of fused-ring (bicyclic) bond motifs is 2. The van der Waals surface area contributed by atoms with Crippen LogP contribution in [-0.4, -0.2) is 14.9 Å². The van der Waals surface area contributed by atoms with Gasteiger partial charge in [-0.25, -0.2) is 4.98 Å².